The molecule has 0 aliphatic carbocycles. The molecule has 0 spiro atoms. The Morgan fingerprint density at radius 3 is 2.84 bits per heavy atom. The highest BCUT2D eigenvalue weighted by Crippen LogP contribution is 2.32. The van der Waals surface area contributed by atoms with Crippen molar-refractivity contribution < 1.29 is 0 Å². The predicted octanol–water partition coefficient (Wildman–Crippen LogP) is 3.82. The van der Waals surface area contributed by atoms with E-state index in [4.69, 9.17) is 10.7 Å². The van der Waals surface area contributed by atoms with E-state index in [1.54, 1.807) is 11.3 Å². The summed E-state index contributed by atoms with van der Waals surface area (Å²) in [5, 5.41) is 9.73. The molecule has 1 unspecified atom stereocenters. The van der Waals surface area contributed by atoms with Crippen molar-refractivity contribution in [3.63, 3.8) is 0 Å². The van der Waals surface area contributed by atoms with Crippen LogP contribution in [0.15, 0.2) is 54.2 Å². The molecule has 1 aromatic carbocycles. The molecule has 0 aliphatic rings. The minimum Gasteiger partial charge on any atom is -0.328 e. The maximum Gasteiger partial charge on any atom is 0.228 e. The summed E-state index contributed by atoms with van der Waals surface area (Å²) in [6.45, 7) is 2.58. The number of fused-ring (bicyclic) bond motifs is 1. The summed E-state index contributed by atoms with van der Waals surface area (Å²) in [7, 11) is 0. The second-order valence-corrected chi connectivity index (χ2v) is 6.73. The highest BCUT2D eigenvalue weighted by atomic mass is 32.1. The van der Waals surface area contributed by atoms with Gasteiger partial charge in [0.2, 0.25) is 5.95 Å². The summed E-state index contributed by atoms with van der Waals surface area (Å²) >= 11 is 1.63. The van der Waals surface area contributed by atoms with Gasteiger partial charge in [-0.1, -0.05) is 18.2 Å². The first kappa shape index (κ1) is 15.7. The van der Waals surface area contributed by atoms with Crippen LogP contribution in [0.2, 0.25) is 0 Å². The quantitative estimate of drug-likeness (QED) is 0.572. The Morgan fingerprint density at radius 2 is 2.04 bits per heavy atom. The molecular weight excluding hydrogens is 332 g/mol. The molecule has 1 atom stereocenters. The van der Waals surface area contributed by atoms with Crippen LogP contribution < -0.4 is 11.1 Å². The van der Waals surface area contributed by atoms with Gasteiger partial charge >= 0.3 is 0 Å². The van der Waals surface area contributed by atoms with E-state index in [2.05, 4.69) is 15.4 Å². The zero-order valence-electron chi connectivity index (χ0n) is 13.8. The van der Waals surface area contributed by atoms with Crippen LogP contribution >= 0.6 is 11.3 Å². The average Bonchev–Trinajstić information content (AvgIpc) is 3.30. The van der Waals surface area contributed by atoms with Gasteiger partial charge in [-0.15, -0.1) is 11.3 Å². The zero-order valence-corrected chi connectivity index (χ0v) is 14.6. The van der Waals surface area contributed by atoms with Crippen LogP contribution in [-0.4, -0.2) is 26.3 Å². The Balaban J connectivity index is 1.77. The molecule has 0 aliphatic heterocycles. The van der Waals surface area contributed by atoms with Crippen LogP contribution in [0.5, 0.6) is 0 Å². The van der Waals surface area contributed by atoms with Crippen LogP contribution in [0.25, 0.3) is 21.5 Å². The molecule has 3 N–H and O–H groups in total. The lowest BCUT2D eigenvalue weighted by atomic mass is 10.2. The third-order valence-electron chi connectivity index (χ3n) is 4.00. The summed E-state index contributed by atoms with van der Waals surface area (Å²) < 4.78 is 2.93. The number of rotatable bonds is 5. The van der Waals surface area contributed by atoms with E-state index in [0.29, 0.717) is 12.5 Å². The highest BCUT2D eigenvalue weighted by molar-refractivity contribution is 7.17. The number of nitrogens with zero attached hydrogens (tertiary/aromatic N) is 4. The fourth-order valence-electron chi connectivity index (χ4n) is 2.58. The number of aromatic nitrogens is 4. The topological polar surface area (TPSA) is 81.7 Å². The molecule has 25 heavy (non-hydrogen) atoms. The van der Waals surface area contributed by atoms with E-state index in [9.17, 15) is 0 Å². The minimum atomic E-state index is 0.149. The smallest absolute Gasteiger partial charge is 0.228 e. The van der Waals surface area contributed by atoms with Crippen LogP contribution in [0, 0.1) is 0 Å². The Labute approximate surface area is 149 Å². The SMILES string of the molecule is CC(CN)n1cc(-c2nc(Nc3ccccc3)nc3ccsc23)cn1. The molecule has 3 aromatic heterocycles. The lowest BCUT2D eigenvalue weighted by Crippen LogP contribution is -2.16. The zero-order chi connectivity index (χ0) is 17.2. The van der Waals surface area contributed by atoms with Crippen molar-refractivity contribution in [1.82, 2.24) is 19.7 Å². The van der Waals surface area contributed by atoms with Gasteiger partial charge in [0.05, 0.1) is 28.1 Å². The maximum absolute atomic E-state index is 5.74. The standard InChI is InChI=1S/C18H18N6S/c1-12(9-19)24-11-13(10-20-24)16-17-15(7-8-25-17)22-18(23-16)21-14-5-3-2-4-6-14/h2-8,10-12H,9,19H2,1H3,(H,21,22,23). The molecule has 0 amide bonds. The van der Waals surface area contributed by atoms with Crippen LogP contribution in [0.4, 0.5) is 11.6 Å². The van der Waals surface area contributed by atoms with E-state index in [-0.39, 0.29) is 6.04 Å². The number of hydrogen-bond donors (Lipinski definition) is 2. The Morgan fingerprint density at radius 1 is 1.20 bits per heavy atom. The van der Waals surface area contributed by atoms with Crippen LogP contribution in [0.3, 0.4) is 0 Å². The number of nitrogens with one attached hydrogen (secondary N) is 1. The largest absolute Gasteiger partial charge is 0.328 e. The Bertz CT molecular complexity index is 991. The highest BCUT2D eigenvalue weighted by Gasteiger charge is 2.14. The number of nitrogens with two attached hydrogens (primary N) is 1. The third-order valence-corrected chi connectivity index (χ3v) is 4.91. The molecule has 0 radical (unpaired) electrons. The second kappa shape index (κ2) is 6.62. The summed E-state index contributed by atoms with van der Waals surface area (Å²) in [6, 6.07) is 12.1. The molecule has 4 rings (SSSR count). The molecule has 0 saturated carbocycles. The van der Waals surface area contributed by atoms with Crippen molar-refractivity contribution in [3.8, 4) is 11.3 Å². The van der Waals surface area contributed by atoms with Crippen molar-refractivity contribution in [2.75, 3.05) is 11.9 Å². The molecule has 7 heteroatoms. The molecular formula is C18H18N6S. The number of anilines is 2. The Hall–Kier alpha value is -2.77. The Kier molecular flexibility index (Phi) is 4.17. The molecule has 0 bridgehead atoms. The van der Waals surface area contributed by atoms with Gasteiger partial charge in [-0.3, -0.25) is 4.68 Å². The molecule has 0 saturated heterocycles. The molecule has 4 aromatic rings. The summed E-state index contributed by atoms with van der Waals surface area (Å²) in [5.74, 6) is 0.576. The summed E-state index contributed by atoms with van der Waals surface area (Å²) in [6.07, 6.45) is 3.82. The van der Waals surface area contributed by atoms with E-state index < -0.39 is 0 Å². The molecule has 0 fully saturated rings. The van der Waals surface area contributed by atoms with Crippen molar-refractivity contribution >= 4 is 33.2 Å². The van der Waals surface area contributed by atoms with Crippen molar-refractivity contribution in [1.29, 1.82) is 0 Å². The molecule has 126 valence electrons. The number of hydrogen-bond acceptors (Lipinski definition) is 6. The van der Waals surface area contributed by atoms with Crippen LogP contribution in [0.1, 0.15) is 13.0 Å². The summed E-state index contributed by atoms with van der Waals surface area (Å²) in [4.78, 5) is 9.36. The fraction of sp³-hybridized carbons (Fsp3) is 0.167. The molecule has 6 nitrogen and oxygen atoms in total. The van der Waals surface area contributed by atoms with E-state index >= 15 is 0 Å². The fourth-order valence-corrected chi connectivity index (χ4v) is 3.42. The first-order chi connectivity index (χ1) is 12.2. The predicted molar refractivity (Wildman–Crippen MR) is 102 cm³/mol. The number of thiophene rings is 1. The minimum absolute atomic E-state index is 0.149. The normalized spacial score (nSPS) is 12.4. The van der Waals surface area contributed by atoms with Gasteiger partial charge in [0, 0.05) is 24.0 Å². The van der Waals surface area contributed by atoms with E-state index in [1.807, 2.05) is 65.8 Å². The van der Waals surface area contributed by atoms with E-state index in [1.165, 1.54) is 0 Å². The number of para-hydroxylation sites is 1. The lowest BCUT2D eigenvalue weighted by Gasteiger charge is -2.08. The average molecular weight is 350 g/mol. The maximum atomic E-state index is 5.74. The van der Waals surface area contributed by atoms with Gasteiger partial charge < -0.3 is 11.1 Å². The lowest BCUT2D eigenvalue weighted by molar-refractivity contribution is 0.501. The first-order valence-corrected chi connectivity index (χ1v) is 8.94. The van der Waals surface area contributed by atoms with Gasteiger partial charge in [0.15, 0.2) is 0 Å². The van der Waals surface area contributed by atoms with Crippen molar-refractivity contribution in [2.24, 2.45) is 5.73 Å². The van der Waals surface area contributed by atoms with Crippen molar-refractivity contribution in [2.45, 2.75) is 13.0 Å². The number of benzene rings is 1. The van der Waals surface area contributed by atoms with Gasteiger partial charge in [0.1, 0.15) is 0 Å². The van der Waals surface area contributed by atoms with Gasteiger partial charge in [-0.25, -0.2) is 9.97 Å². The van der Waals surface area contributed by atoms with Crippen LogP contribution in [-0.2, 0) is 0 Å². The van der Waals surface area contributed by atoms with Gasteiger partial charge in [-0.2, -0.15) is 5.10 Å². The molecule has 3 heterocycles. The van der Waals surface area contributed by atoms with Gasteiger partial charge in [0.25, 0.3) is 0 Å². The summed E-state index contributed by atoms with van der Waals surface area (Å²) in [5.41, 5.74) is 9.47. The second-order valence-electron chi connectivity index (χ2n) is 5.82. The van der Waals surface area contributed by atoms with Gasteiger partial charge in [-0.05, 0) is 30.5 Å². The monoisotopic (exact) mass is 350 g/mol. The van der Waals surface area contributed by atoms with E-state index in [0.717, 1.165) is 27.2 Å². The first-order valence-electron chi connectivity index (χ1n) is 8.06. The van der Waals surface area contributed by atoms with Crippen molar-refractivity contribution in [3.05, 3.63) is 54.2 Å². The third kappa shape index (κ3) is 3.11.